The molecule has 17 heavy (non-hydrogen) atoms. The van der Waals surface area contributed by atoms with Crippen LogP contribution >= 0.6 is 0 Å². The van der Waals surface area contributed by atoms with Crippen LogP contribution < -0.4 is 5.32 Å². The Morgan fingerprint density at radius 2 is 1.88 bits per heavy atom. The van der Waals surface area contributed by atoms with Gasteiger partial charge in [-0.25, -0.2) is 0 Å². The van der Waals surface area contributed by atoms with Gasteiger partial charge < -0.3 is 10.2 Å². The van der Waals surface area contributed by atoms with E-state index in [0.29, 0.717) is 6.04 Å². The molecule has 0 amide bonds. The van der Waals surface area contributed by atoms with Gasteiger partial charge in [-0.3, -0.25) is 0 Å². The molecule has 0 bridgehead atoms. The summed E-state index contributed by atoms with van der Waals surface area (Å²) >= 11 is 0. The lowest BCUT2D eigenvalue weighted by atomic mass is 10.0. The highest BCUT2D eigenvalue weighted by Crippen LogP contribution is 2.25. The van der Waals surface area contributed by atoms with Gasteiger partial charge in [0.1, 0.15) is 0 Å². The van der Waals surface area contributed by atoms with Gasteiger partial charge in [-0.2, -0.15) is 0 Å². The van der Waals surface area contributed by atoms with Crippen LogP contribution in [0.2, 0.25) is 0 Å². The minimum atomic E-state index is 0.654. The van der Waals surface area contributed by atoms with E-state index < -0.39 is 0 Å². The Labute approximate surface area is 108 Å². The van der Waals surface area contributed by atoms with E-state index in [-0.39, 0.29) is 0 Å². The summed E-state index contributed by atoms with van der Waals surface area (Å²) in [5, 5.41) is 3.68. The molecule has 2 nitrogen and oxygen atoms in total. The fraction of sp³-hybridized carbons (Fsp3) is 1.00. The molecule has 1 saturated carbocycles. The Kier molecular flexibility index (Phi) is 7.14. The third kappa shape index (κ3) is 5.87. The first kappa shape index (κ1) is 15.0. The minimum Gasteiger partial charge on any atom is -0.312 e. The smallest absolute Gasteiger partial charge is 0.0217 e. The molecule has 1 aliphatic rings. The maximum Gasteiger partial charge on any atom is 0.0217 e. The Morgan fingerprint density at radius 1 is 1.24 bits per heavy atom. The predicted molar refractivity (Wildman–Crippen MR) is 76.4 cm³/mol. The van der Waals surface area contributed by atoms with E-state index in [9.17, 15) is 0 Å². The molecule has 1 rings (SSSR count). The summed E-state index contributed by atoms with van der Waals surface area (Å²) in [6.45, 7) is 10.6. The fourth-order valence-corrected chi connectivity index (χ4v) is 2.88. The van der Waals surface area contributed by atoms with Crippen LogP contribution in [-0.2, 0) is 0 Å². The van der Waals surface area contributed by atoms with Crippen LogP contribution in [0, 0.1) is 11.8 Å². The van der Waals surface area contributed by atoms with Gasteiger partial charge in [-0.1, -0.05) is 33.6 Å². The molecule has 0 aromatic carbocycles. The topological polar surface area (TPSA) is 15.3 Å². The second-order valence-electron chi connectivity index (χ2n) is 6.18. The molecular formula is C15H32N2. The zero-order valence-corrected chi connectivity index (χ0v) is 12.3. The maximum atomic E-state index is 3.68. The molecule has 0 aromatic rings. The third-order valence-corrected chi connectivity index (χ3v) is 4.01. The van der Waals surface area contributed by atoms with Crippen molar-refractivity contribution in [2.24, 2.45) is 11.8 Å². The van der Waals surface area contributed by atoms with Crippen LogP contribution in [0.3, 0.4) is 0 Å². The summed E-state index contributed by atoms with van der Waals surface area (Å²) in [5.74, 6) is 1.70. The number of nitrogens with zero attached hydrogens (tertiary/aromatic N) is 1. The zero-order chi connectivity index (χ0) is 12.7. The van der Waals surface area contributed by atoms with E-state index in [4.69, 9.17) is 0 Å². The normalized spacial score (nSPS) is 19.4. The molecule has 0 radical (unpaired) electrons. The van der Waals surface area contributed by atoms with Gasteiger partial charge in [-0.05, 0) is 44.7 Å². The van der Waals surface area contributed by atoms with Gasteiger partial charge in [0.05, 0.1) is 0 Å². The number of hydrogen-bond acceptors (Lipinski definition) is 2. The first-order valence-corrected chi connectivity index (χ1v) is 7.55. The minimum absolute atomic E-state index is 0.654. The first-order chi connectivity index (χ1) is 8.13. The van der Waals surface area contributed by atoms with E-state index in [2.05, 4.69) is 38.0 Å². The quantitative estimate of drug-likeness (QED) is 0.701. The predicted octanol–water partition coefficient (Wildman–Crippen LogP) is 3.13. The summed E-state index contributed by atoms with van der Waals surface area (Å²) in [5.41, 5.74) is 0. The lowest BCUT2D eigenvalue weighted by molar-refractivity contribution is 0.225. The standard InChI is InChI=1S/C15H32N2/c1-5-10-16-15(13(2)3)12-17(4)11-14-8-6-7-9-14/h13-16H,5-12H2,1-4H3. The first-order valence-electron chi connectivity index (χ1n) is 7.55. The average Bonchev–Trinajstić information content (AvgIpc) is 2.76. The molecule has 1 fully saturated rings. The zero-order valence-electron chi connectivity index (χ0n) is 12.3. The molecule has 1 unspecified atom stereocenters. The summed E-state index contributed by atoms with van der Waals surface area (Å²) in [6.07, 6.45) is 7.06. The van der Waals surface area contributed by atoms with E-state index in [1.165, 1.54) is 45.2 Å². The van der Waals surface area contributed by atoms with E-state index >= 15 is 0 Å². The number of nitrogens with one attached hydrogen (secondary N) is 1. The highest BCUT2D eigenvalue weighted by Gasteiger charge is 2.19. The van der Waals surface area contributed by atoms with Gasteiger partial charge in [0.25, 0.3) is 0 Å². The Bertz CT molecular complexity index is 185. The van der Waals surface area contributed by atoms with Crippen LogP contribution in [-0.4, -0.2) is 37.6 Å². The number of hydrogen-bond donors (Lipinski definition) is 1. The SMILES string of the molecule is CCCNC(CN(C)CC1CCCC1)C(C)C. The van der Waals surface area contributed by atoms with Crippen LogP contribution in [0.15, 0.2) is 0 Å². The van der Waals surface area contributed by atoms with Gasteiger partial charge in [0.15, 0.2) is 0 Å². The largest absolute Gasteiger partial charge is 0.312 e. The molecule has 1 atom stereocenters. The van der Waals surface area contributed by atoms with Crippen molar-refractivity contribution in [1.29, 1.82) is 0 Å². The van der Waals surface area contributed by atoms with E-state index in [0.717, 1.165) is 18.4 Å². The molecule has 1 N–H and O–H groups in total. The Balaban J connectivity index is 2.26. The second-order valence-corrected chi connectivity index (χ2v) is 6.18. The second kappa shape index (κ2) is 8.10. The van der Waals surface area contributed by atoms with Crippen LogP contribution in [0.1, 0.15) is 52.9 Å². The summed E-state index contributed by atoms with van der Waals surface area (Å²) in [7, 11) is 2.29. The van der Waals surface area contributed by atoms with Gasteiger partial charge in [-0.15, -0.1) is 0 Å². The van der Waals surface area contributed by atoms with Crippen molar-refractivity contribution in [2.75, 3.05) is 26.7 Å². The molecule has 2 heteroatoms. The van der Waals surface area contributed by atoms with Crippen molar-refractivity contribution in [3.63, 3.8) is 0 Å². The number of rotatable bonds is 8. The lowest BCUT2D eigenvalue weighted by Gasteiger charge is -2.29. The molecule has 0 aromatic heterocycles. The molecule has 0 heterocycles. The van der Waals surface area contributed by atoms with E-state index in [1.807, 2.05) is 0 Å². The van der Waals surface area contributed by atoms with Crippen LogP contribution in [0.5, 0.6) is 0 Å². The summed E-state index contributed by atoms with van der Waals surface area (Å²) < 4.78 is 0. The fourth-order valence-electron chi connectivity index (χ4n) is 2.88. The molecular weight excluding hydrogens is 208 g/mol. The molecule has 0 aliphatic heterocycles. The van der Waals surface area contributed by atoms with E-state index in [1.54, 1.807) is 0 Å². The lowest BCUT2D eigenvalue weighted by Crippen LogP contribution is -2.44. The summed E-state index contributed by atoms with van der Waals surface area (Å²) in [4.78, 5) is 2.54. The van der Waals surface area contributed by atoms with Gasteiger partial charge in [0.2, 0.25) is 0 Å². The third-order valence-electron chi connectivity index (χ3n) is 4.01. The van der Waals surface area contributed by atoms with Crippen molar-refractivity contribution in [3.05, 3.63) is 0 Å². The van der Waals surface area contributed by atoms with Gasteiger partial charge in [0, 0.05) is 19.1 Å². The van der Waals surface area contributed by atoms with Crippen molar-refractivity contribution >= 4 is 0 Å². The monoisotopic (exact) mass is 240 g/mol. The Hall–Kier alpha value is -0.0800. The highest BCUT2D eigenvalue weighted by atomic mass is 15.1. The van der Waals surface area contributed by atoms with Crippen LogP contribution in [0.4, 0.5) is 0 Å². The van der Waals surface area contributed by atoms with Crippen LogP contribution in [0.25, 0.3) is 0 Å². The molecule has 0 spiro atoms. The van der Waals surface area contributed by atoms with Crippen molar-refractivity contribution in [3.8, 4) is 0 Å². The molecule has 102 valence electrons. The van der Waals surface area contributed by atoms with Crippen molar-refractivity contribution in [1.82, 2.24) is 10.2 Å². The summed E-state index contributed by atoms with van der Waals surface area (Å²) in [6, 6.07) is 0.654. The van der Waals surface area contributed by atoms with Crippen molar-refractivity contribution in [2.45, 2.75) is 58.9 Å². The Morgan fingerprint density at radius 3 is 2.41 bits per heavy atom. The molecule has 1 aliphatic carbocycles. The molecule has 0 saturated heterocycles. The average molecular weight is 240 g/mol. The maximum absolute atomic E-state index is 3.68. The highest BCUT2D eigenvalue weighted by molar-refractivity contribution is 4.76. The van der Waals surface area contributed by atoms with Crippen molar-refractivity contribution < 1.29 is 0 Å². The number of likely N-dealkylation sites (N-methyl/N-ethyl adjacent to an activating group) is 1. The van der Waals surface area contributed by atoms with Gasteiger partial charge >= 0.3 is 0 Å².